The van der Waals surface area contributed by atoms with Crippen molar-refractivity contribution in [3.05, 3.63) is 22.7 Å². The predicted molar refractivity (Wildman–Crippen MR) is 73.0 cm³/mol. The quantitative estimate of drug-likeness (QED) is 0.856. The molecule has 1 aromatic rings. The van der Waals surface area contributed by atoms with E-state index in [1.165, 1.54) is 25.9 Å². The van der Waals surface area contributed by atoms with Crippen LogP contribution in [0.5, 0.6) is 0 Å². The minimum absolute atomic E-state index is 0.0334. The zero-order valence-electron chi connectivity index (χ0n) is 11.2. The van der Waals surface area contributed by atoms with Crippen LogP contribution in [0.4, 0.5) is 5.82 Å². The standard InChI is InChI=1S/C13H22N4O/c1-11(2)17-10-6-15-12(13(17)18)14-5-9-16-7-3-4-8-16/h6,10-11H,3-5,7-9H2,1-2H3,(H,14,15). The summed E-state index contributed by atoms with van der Waals surface area (Å²) in [5.74, 6) is 0.463. The predicted octanol–water partition coefficient (Wildman–Crippen LogP) is 1.33. The van der Waals surface area contributed by atoms with E-state index in [2.05, 4.69) is 15.2 Å². The van der Waals surface area contributed by atoms with Crippen molar-refractivity contribution in [2.45, 2.75) is 32.7 Å². The Hall–Kier alpha value is -1.36. The number of nitrogens with zero attached hydrogens (tertiary/aromatic N) is 3. The van der Waals surface area contributed by atoms with Gasteiger partial charge in [0.2, 0.25) is 0 Å². The summed E-state index contributed by atoms with van der Waals surface area (Å²) >= 11 is 0. The molecule has 1 aromatic heterocycles. The molecule has 0 atom stereocenters. The molecule has 1 N–H and O–H groups in total. The maximum absolute atomic E-state index is 12.1. The number of likely N-dealkylation sites (tertiary alicyclic amines) is 1. The summed E-state index contributed by atoms with van der Waals surface area (Å²) in [6.45, 7) is 8.12. The number of rotatable bonds is 5. The molecule has 0 aliphatic carbocycles. The Bertz CT molecular complexity index is 435. The van der Waals surface area contributed by atoms with E-state index in [9.17, 15) is 4.79 Å². The molecule has 18 heavy (non-hydrogen) atoms. The molecular formula is C13H22N4O. The molecule has 0 saturated carbocycles. The lowest BCUT2D eigenvalue weighted by molar-refractivity contribution is 0.352. The maximum atomic E-state index is 12.1. The first-order chi connectivity index (χ1) is 8.68. The molecule has 1 fully saturated rings. The Balaban J connectivity index is 1.92. The second kappa shape index (κ2) is 6.00. The zero-order chi connectivity index (χ0) is 13.0. The topological polar surface area (TPSA) is 50.2 Å². The minimum atomic E-state index is -0.0334. The van der Waals surface area contributed by atoms with Crippen LogP contribution in [0.2, 0.25) is 0 Å². The van der Waals surface area contributed by atoms with Gasteiger partial charge in [0.1, 0.15) is 0 Å². The molecule has 0 unspecified atom stereocenters. The van der Waals surface area contributed by atoms with Crippen molar-refractivity contribution in [2.75, 3.05) is 31.5 Å². The summed E-state index contributed by atoms with van der Waals surface area (Å²) in [5.41, 5.74) is -0.0334. The average molecular weight is 250 g/mol. The number of aromatic nitrogens is 2. The third kappa shape index (κ3) is 3.10. The molecule has 2 rings (SSSR count). The molecule has 0 aromatic carbocycles. The van der Waals surface area contributed by atoms with Gasteiger partial charge in [0.15, 0.2) is 5.82 Å². The molecule has 1 saturated heterocycles. The van der Waals surface area contributed by atoms with E-state index in [1.54, 1.807) is 17.0 Å². The highest BCUT2D eigenvalue weighted by molar-refractivity contribution is 5.30. The normalized spacial score (nSPS) is 16.4. The highest BCUT2D eigenvalue weighted by Crippen LogP contribution is 2.06. The summed E-state index contributed by atoms with van der Waals surface area (Å²) in [4.78, 5) is 18.6. The van der Waals surface area contributed by atoms with E-state index in [0.717, 1.165) is 13.1 Å². The van der Waals surface area contributed by atoms with Gasteiger partial charge in [-0.25, -0.2) is 4.98 Å². The zero-order valence-corrected chi connectivity index (χ0v) is 11.2. The first kappa shape index (κ1) is 13.1. The van der Waals surface area contributed by atoms with E-state index in [4.69, 9.17) is 0 Å². The van der Waals surface area contributed by atoms with Gasteiger partial charge in [-0.05, 0) is 39.8 Å². The molecular weight excluding hydrogens is 228 g/mol. The van der Waals surface area contributed by atoms with Crippen LogP contribution in [0.25, 0.3) is 0 Å². The van der Waals surface area contributed by atoms with Gasteiger partial charge in [0.25, 0.3) is 5.56 Å². The van der Waals surface area contributed by atoms with Crippen molar-refractivity contribution < 1.29 is 0 Å². The van der Waals surface area contributed by atoms with Crippen molar-refractivity contribution in [2.24, 2.45) is 0 Å². The molecule has 5 nitrogen and oxygen atoms in total. The minimum Gasteiger partial charge on any atom is -0.364 e. The first-order valence-electron chi connectivity index (χ1n) is 6.72. The van der Waals surface area contributed by atoms with Gasteiger partial charge >= 0.3 is 0 Å². The molecule has 1 aliphatic heterocycles. The van der Waals surface area contributed by atoms with Crippen LogP contribution >= 0.6 is 0 Å². The largest absolute Gasteiger partial charge is 0.364 e. The van der Waals surface area contributed by atoms with E-state index >= 15 is 0 Å². The van der Waals surface area contributed by atoms with Gasteiger partial charge in [-0.15, -0.1) is 0 Å². The Morgan fingerprint density at radius 3 is 2.78 bits per heavy atom. The third-order valence-corrected chi connectivity index (χ3v) is 3.34. The lowest BCUT2D eigenvalue weighted by Gasteiger charge is -2.15. The molecule has 5 heteroatoms. The van der Waals surface area contributed by atoms with Crippen molar-refractivity contribution in [1.29, 1.82) is 0 Å². The van der Waals surface area contributed by atoms with Gasteiger partial charge in [-0.2, -0.15) is 0 Å². The van der Waals surface area contributed by atoms with Crippen LogP contribution in [0, 0.1) is 0 Å². The lowest BCUT2D eigenvalue weighted by Crippen LogP contribution is -2.30. The van der Waals surface area contributed by atoms with Crippen LogP contribution in [0.1, 0.15) is 32.7 Å². The fourth-order valence-corrected chi connectivity index (χ4v) is 2.29. The van der Waals surface area contributed by atoms with E-state index in [1.807, 2.05) is 13.8 Å². The molecule has 100 valence electrons. The number of hydrogen-bond acceptors (Lipinski definition) is 4. The Morgan fingerprint density at radius 2 is 2.11 bits per heavy atom. The van der Waals surface area contributed by atoms with Gasteiger partial charge < -0.3 is 14.8 Å². The highest BCUT2D eigenvalue weighted by Gasteiger charge is 2.11. The summed E-state index contributed by atoms with van der Waals surface area (Å²) in [5, 5.41) is 3.15. The monoisotopic (exact) mass is 250 g/mol. The van der Waals surface area contributed by atoms with Gasteiger partial charge in [-0.3, -0.25) is 4.79 Å². The molecule has 1 aliphatic rings. The summed E-state index contributed by atoms with van der Waals surface area (Å²) < 4.78 is 1.70. The van der Waals surface area contributed by atoms with Crippen LogP contribution in [0.15, 0.2) is 17.2 Å². The lowest BCUT2D eigenvalue weighted by atomic mass is 10.4. The number of nitrogens with one attached hydrogen (secondary N) is 1. The first-order valence-corrected chi connectivity index (χ1v) is 6.72. The van der Waals surface area contributed by atoms with Gasteiger partial charge in [0.05, 0.1) is 0 Å². The van der Waals surface area contributed by atoms with Crippen molar-refractivity contribution in [1.82, 2.24) is 14.5 Å². The fraction of sp³-hybridized carbons (Fsp3) is 0.692. The van der Waals surface area contributed by atoms with Crippen LogP contribution < -0.4 is 10.9 Å². The fourth-order valence-electron chi connectivity index (χ4n) is 2.29. The summed E-state index contributed by atoms with van der Waals surface area (Å²) in [6.07, 6.45) is 6.01. The van der Waals surface area contributed by atoms with E-state index < -0.39 is 0 Å². The van der Waals surface area contributed by atoms with Crippen LogP contribution in [-0.4, -0.2) is 40.6 Å². The second-order valence-corrected chi connectivity index (χ2v) is 5.06. The number of anilines is 1. The maximum Gasteiger partial charge on any atom is 0.293 e. The second-order valence-electron chi connectivity index (χ2n) is 5.06. The Kier molecular flexibility index (Phi) is 4.36. The van der Waals surface area contributed by atoms with Crippen LogP contribution in [-0.2, 0) is 0 Å². The molecule has 0 amide bonds. The van der Waals surface area contributed by atoms with Gasteiger partial charge in [0, 0.05) is 31.5 Å². The molecule has 0 bridgehead atoms. The van der Waals surface area contributed by atoms with E-state index in [-0.39, 0.29) is 11.6 Å². The Labute approximate surface area is 108 Å². The third-order valence-electron chi connectivity index (χ3n) is 3.34. The molecule has 0 spiro atoms. The smallest absolute Gasteiger partial charge is 0.293 e. The Morgan fingerprint density at radius 1 is 1.39 bits per heavy atom. The summed E-state index contributed by atoms with van der Waals surface area (Å²) in [7, 11) is 0. The van der Waals surface area contributed by atoms with Gasteiger partial charge in [-0.1, -0.05) is 0 Å². The molecule has 0 radical (unpaired) electrons. The highest BCUT2D eigenvalue weighted by atomic mass is 16.1. The SMILES string of the molecule is CC(C)n1ccnc(NCCN2CCCC2)c1=O. The summed E-state index contributed by atoms with van der Waals surface area (Å²) in [6, 6.07) is 0.166. The van der Waals surface area contributed by atoms with Crippen molar-refractivity contribution in [3.8, 4) is 0 Å². The van der Waals surface area contributed by atoms with Crippen molar-refractivity contribution in [3.63, 3.8) is 0 Å². The average Bonchev–Trinajstić information content (AvgIpc) is 2.84. The molecule has 2 heterocycles. The van der Waals surface area contributed by atoms with E-state index in [0.29, 0.717) is 5.82 Å². The van der Waals surface area contributed by atoms with Crippen molar-refractivity contribution >= 4 is 5.82 Å². The van der Waals surface area contributed by atoms with Crippen LogP contribution in [0.3, 0.4) is 0 Å². The number of hydrogen-bond donors (Lipinski definition) is 1.